The number of rotatable bonds is 32. The largest absolute Gasteiger partial charge is 0.508 e. The second-order valence-corrected chi connectivity index (χ2v) is 34.4. The van der Waals surface area contributed by atoms with Gasteiger partial charge >= 0.3 is 35.8 Å². The fourth-order valence-electron chi connectivity index (χ4n) is 12.4. The van der Waals surface area contributed by atoms with Gasteiger partial charge in [0, 0.05) is 35.6 Å². The highest BCUT2D eigenvalue weighted by atomic mass is 35.5. The van der Waals surface area contributed by atoms with E-state index in [0.29, 0.717) is 117 Å². The quantitative estimate of drug-likeness (QED) is 0.0153. The monoisotopic (exact) mass is 1920 g/mol. The average Bonchev–Trinajstić information content (AvgIpc) is 0.843. The zero-order chi connectivity index (χ0) is 92.7. The number of para-hydroxylation sites is 8. The third-order valence-corrected chi connectivity index (χ3v) is 21.0. The molecule has 0 fully saturated rings. The van der Waals surface area contributed by atoms with Crippen molar-refractivity contribution < 1.29 is 62.7 Å². The molecule has 0 unspecified atom stereocenters. The minimum Gasteiger partial charge on any atom is -0.508 e. The summed E-state index contributed by atoms with van der Waals surface area (Å²) in [6, 6.07) is 80.0. The Bertz CT molecular complexity index is 5560. The normalized spacial score (nSPS) is 10.7. The predicted octanol–water partition coefficient (Wildman–Crippen LogP) is 28.0. The Morgan fingerprint density at radius 2 is 0.558 bits per heavy atom. The molecule has 12 aromatic rings. The molecule has 0 aromatic heterocycles. The lowest BCUT2D eigenvalue weighted by Crippen LogP contribution is -2.23. The van der Waals surface area contributed by atoms with E-state index in [4.69, 9.17) is 132 Å². The van der Waals surface area contributed by atoms with Gasteiger partial charge in [0.1, 0.15) is 34.2 Å². The van der Waals surface area contributed by atoms with E-state index < -0.39 is 17.2 Å². The number of carboxylic acid groups (broad SMARTS) is 1. The van der Waals surface area contributed by atoms with Crippen LogP contribution in [0.3, 0.4) is 0 Å². The van der Waals surface area contributed by atoms with Crippen molar-refractivity contribution in [2.24, 2.45) is 5.73 Å². The van der Waals surface area contributed by atoms with Gasteiger partial charge in [-0.05, 0) is 259 Å². The van der Waals surface area contributed by atoms with Crippen molar-refractivity contribution in [3.05, 3.63) is 352 Å². The molecule has 12 aromatic carbocycles. The van der Waals surface area contributed by atoms with Gasteiger partial charge < -0.3 is 60.9 Å². The third kappa shape index (κ3) is 37.9. The molecule has 0 aliphatic heterocycles. The summed E-state index contributed by atoms with van der Waals surface area (Å²) in [7, 11) is 0. The molecule has 0 bridgehead atoms. The second-order valence-electron chi connectivity index (χ2n) is 31.2. The Morgan fingerprint density at radius 3 is 0.806 bits per heavy atom. The highest BCUT2D eigenvalue weighted by molar-refractivity contribution is 6.41. The van der Waals surface area contributed by atoms with Crippen LogP contribution in [0.25, 0.3) is 0 Å². The predicted molar refractivity (Wildman–Crippen MR) is 528 cm³/mol. The van der Waals surface area contributed by atoms with Crippen LogP contribution in [-0.2, 0) is 89.6 Å². The maximum atomic E-state index is 12.6. The van der Waals surface area contributed by atoms with Crippen LogP contribution >= 0.6 is 105 Å². The molecule has 0 saturated carbocycles. The Labute approximate surface area is 800 Å². The van der Waals surface area contributed by atoms with Crippen LogP contribution in [0.1, 0.15) is 131 Å². The van der Waals surface area contributed by atoms with Crippen LogP contribution < -0.4 is 41.2 Å². The summed E-state index contributed by atoms with van der Waals surface area (Å²) < 4.78 is 27.0. The standard InChI is InChI=1S/C28H29Cl2NO4.C24H23Cl2NO2.C22H20Cl2N2O2.C14H11Cl2NO2.C14H20O3.ClH/c1-28(2,3)35-25(32)13-6-8-19-14-16-21(17-15-19)34-26(33)18-20-9-4-5-12-24(20)31-27-22(29)10-7-11-23(27)30;1-2-3-7-17-12-14-19(15-13-17)29-23(28)16-18-8-4-5-11-22(18)27-24-20(25)9-6-10-21(24)26;23-18-5-3-6-19(24)22(18)26-20-7-2-1-4-16(20)14-21(27)28-17-10-8-15(9-11-17)12-13-25;15-10-5-3-6-11(16)14(10)17-12-7-2-1-4-9(12)8-13(18)19;1-14(2,3)17-13(16)6-4-5-11-7-9-12(15)10-8-11;/h4-5,7,9-12,14-17,31H,6,8,13,18H2,1-3H3;4-6,8-15,27H,2-3,7,16H2,1H3;1-11,26H,12-14,25H2;1-7,17H,8H2,(H,18,19);7-10,15H,4-6H2,1-3H3;1H. The van der Waals surface area contributed by atoms with E-state index in [2.05, 4.69) is 28.2 Å². The molecule has 0 saturated heterocycles. The number of phenolic OH excluding ortho intramolecular Hbond substituents is 1. The van der Waals surface area contributed by atoms with Gasteiger partial charge in [0.05, 0.1) is 88.6 Å². The van der Waals surface area contributed by atoms with Crippen LogP contribution in [0, 0.1) is 0 Å². The van der Waals surface area contributed by atoms with E-state index in [1.54, 1.807) is 127 Å². The molecular formula is C102H104Cl9N5O13. The number of nitrogens with one attached hydrogen (secondary N) is 4. The van der Waals surface area contributed by atoms with Crippen molar-refractivity contribution in [3.63, 3.8) is 0 Å². The van der Waals surface area contributed by atoms with Gasteiger partial charge in [-0.1, -0.05) is 252 Å². The summed E-state index contributed by atoms with van der Waals surface area (Å²) in [5, 5.41) is 34.7. The second kappa shape index (κ2) is 53.9. The Morgan fingerprint density at radius 1 is 0.318 bits per heavy atom. The first-order valence-electron chi connectivity index (χ1n) is 41.4. The van der Waals surface area contributed by atoms with Gasteiger partial charge in [-0.3, -0.25) is 28.8 Å². The fraction of sp³-hybridized carbons (Fsp3) is 0.235. The number of halogens is 9. The van der Waals surface area contributed by atoms with Crippen molar-refractivity contribution in [2.45, 2.75) is 150 Å². The molecule has 8 N–H and O–H groups in total. The number of carboxylic acids is 1. The van der Waals surface area contributed by atoms with Crippen LogP contribution in [0.4, 0.5) is 45.5 Å². The summed E-state index contributed by atoms with van der Waals surface area (Å²) in [5.41, 5.74) is 17.5. The third-order valence-electron chi connectivity index (χ3n) is 18.5. The zero-order valence-corrected chi connectivity index (χ0v) is 79.3. The van der Waals surface area contributed by atoms with E-state index in [-0.39, 0.29) is 73.7 Å². The molecule has 0 spiro atoms. The van der Waals surface area contributed by atoms with Gasteiger partial charge in [-0.15, -0.1) is 12.4 Å². The topological polar surface area (TPSA) is 263 Å². The number of aromatic hydroxyl groups is 1. The van der Waals surface area contributed by atoms with Gasteiger partial charge in [0.25, 0.3) is 0 Å². The zero-order valence-electron chi connectivity index (χ0n) is 72.4. The molecule has 12 rings (SSSR count). The van der Waals surface area contributed by atoms with Crippen LogP contribution in [-0.4, -0.2) is 63.8 Å². The summed E-state index contributed by atoms with van der Waals surface area (Å²) in [4.78, 5) is 71.6. The van der Waals surface area contributed by atoms with E-state index >= 15 is 0 Å². The minimum atomic E-state index is -0.889. The minimum absolute atomic E-state index is 0. The van der Waals surface area contributed by atoms with Gasteiger partial charge in [0.2, 0.25) is 0 Å². The molecule has 0 aliphatic carbocycles. The molecule has 0 heterocycles. The fourth-order valence-corrected chi connectivity index (χ4v) is 14.3. The van der Waals surface area contributed by atoms with E-state index in [9.17, 15) is 28.8 Å². The molecule has 27 heteroatoms. The van der Waals surface area contributed by atoms with E-state index in [1.165, 1.54) is 5.56 Å². The number of hydrogen-bond donors (Lipinski definition) is 7. The molecule has 129 heavy (non-hydrogen) atoms. The van der Waals surface area contributed by atoms with Crippen LogP contribution in [0.15, 0.2) is 267 Å². The smallest absolute Gasteiger partial charge is 0.315 e. The molecule has 18 nitrogen and oxygen atoms in total. The van der Waals surface area contributed by atoms with Crippen molar-refractivity contribution in [3.8, 4) is 23.0 Å². The number of hydrogen-bond acceptors (Lipinski definition) is 17. The first kappa shape index (κ1) is 105. The van der Waals surface area contributed by atoms with Crippen molar-refractivity contribution >= 4 is 187 Å². The van der Waals surface area contributed by atoms with Crippen LogP contribution in [0.2, 0.25) is 40.2 Å². The summed E-state index contributed by atoms with van der Waals surface area (Å²) in [6.45, 7) is 13.9. The van der Waals surface area contributed by atoms with Crippen LogP contribution in [0.5, 0.6) is 23.0 Å². The first-order chi connectivity index (χ1) is 61.2. The molecule has 0 amide bonds. The Kier molecular flexibility index (Phi) is 43.9. The maximum absolute atomic E-state index is 12.6. The molecular weight excluding hydrogens is 1820 g/mol. The number of phenols is 1. The number of carbonyl (C=O) groups excluding carboxylic acids is 5. The molecule has 678 valence electrons. The number of benzene rings is 12. The number of anilines is 8. The number of esters is 5. The van der Waals surface area contributed by atoms with Crippen molar-refractivity contribution in [1.29, 1.82) is 0 Å². The average molecular weight is 1930 g/mol. The summed E-state index contributed by atoms with van der Waals surface area (Å²) >= 11 is 49.7. The lowest BCUT2D eigenvalue weighted by molar-refractivity contribution is -0.156. The first-order valence-corrected chi connectivity index (χ1v) is 44.4. The highest BCUT2D eigenvalue weighted by Crippen LogP contribution is 2.39. The summed E-state index contributed by atoms with van der Waals surface area (Å²) in [5.74, 6) is -0.531. The summed E-state index contributed by atoms with van der Waals surface area (Å²) in [6.07, 6.45) is 8.17. The highest BCUT2D eigenvalue weighted by Gasteiger charge is 2.21. The lowest BCUT2D eigenvalue weighted by Gasteiger charge is -2.19. The lowest BCUT2D eigenvalue weighted by atomic mass is 10.1. The number of aliphatic carboxylic acids is 1. The number of aryl methyl sites for hydroxylation is 3. The number of nitrogens with two attached hydrogens (primary N) is 1. The van der Waals surface area contributed by atoms with E-state index in [1.807, 2.05) is 181 Å². The molecule has 0 atom stereocenters. The molecule has 0 aliphatic rings. The molecule has 0 radical (unpaired) electrons. The Balaban J connectivity index is 0.000000225. The SMILES string of the molecule is CC(C)(C)OC(=O)CCCc1ccc(O)cc1.CC(C)(C)OC(=O)CCCc1ccc(OC(=O)Cc2ccccc2Nc2c(Cl)cccc2Cl)cc1.CCCCc1ccc(OC(=O)Cc2ccccc2Nc2c(Cl)cccc2Cl)cc1.Cl.NCCc1ccc(OC(=O)Cc2ccccc2Nc2c(Cl)cccc2Cl)cc1.O=C(O)Cc1ccccc1Nc1c(Cl)cccc1Cl. The van der Waals surface area contributed by atoms with Crippen molar-refractivity contribution in [2.75, 3.05) is 27.8 Å². The number of ether oxygens (including phenoxy) is 5. The van der Waals surface area contributed by atoms with Gasteiger partial charge in [-0.2, -0.15) is 0 Å². The number of unbranched alkanes of at least 4 members (excludes halogenated alkanes) is 1. The Hall–Kier alpha value is -11.0. The maximum Gasteiger partial charge on any atom is 0.315 e. The van der Waals surface area contributed by atoms with E-state index in [0.717, 1.165) is 95.4 Å². The van der Waals surface area contributed by atoms with Crippen molar-refractivity contribution in [1.82, 2.24) is 0 Å². The number of carbonyl (C=O) groups is 6. The van der Waals surface area contributed by atoms with Gasteiger partial charge in [0.15, 0.2) is 0 Å². The van der Waals surface area contributed by atoms with Gasteiger partial charge in [-0.25, -0.2) is 0 Å².